The van der Waals surface area contributed by atoms with E-state index in [9.17, 15) is 0 Å². The molecule has 0 amide bonds. The molecule has 1 aromatic rings. The molecule has 78 valence electrons. The van der Waals surface area contributed by atoms with E-state index in [2.05, 4.69) is 48.0 Å². The molecule has 0 bridgehead atoms. The Morgan fingerprint density at radius 3 is 2.79 bits per heavy atom. The van der Waals surface area contributed by atoms with Crippen LogP contribution in [0, 0.1) is 6.92 Å². The Morgan fingerprint density at radius 1 is 1.43 bits per heavy atom. The molecule has 0 spiro atoms. The Balaban J connectivity index is 2.77. The van der Waals surface area contributed by atoms with E-state index in [4.69, 9.17) is 5.73 Å². The zero-order chi connectivity index (χ0) is 10.6. The highest BCUT2D eigenvalue weighted by molar-refractivity contribution is 9.10. The summed E-state index contributed by atoms with van der Waals surface area (Å²) >= 11 is 3.48. The average Bonchev–Trinajstić information content (AvgIpc) is 2.18. The minimum absolute atomic E-state index is 0.187. The summed E-state index contributed by atoms with van der Waals surface area (Å²) in [5.41, 5.74) is 8.69. The summed E-state index contributed by atoms with van der Waals surface area (Å²) in [5, 5.41) is 0. The molecular formula is C12H18BrN. The van der Waals surface area contributed by atoms with Gasteiger partial charge < -0.3 is 5.73 Å². The van der Waals surface area contributed by atoms with Gasteiger partial charge in [0, 0.05) is 10.5 Å². The van der Waals surface area contributed by atoms with Gasteiger partial charge in [-0.1, -0.05) is 41.8 Å². The molecule has 1 atom stereocenters. The second-order valence-electron chi connectivity index (χ2n) is 3.75. The van der Waals surface area contributed by atoms with Crippen molar-refractivity contribution in [2.45, 2.75) is 39.2 Å². The van der Waals surface area contributed by atoms with E-state index in [1.54, 1.807) is 0 Å². The molecule has 0 heterocycles. The number of nitrogens with two attached hydrogens (primary N) is 1. The first-order chi connectivity index (χ1) is 6.65. The third kappa shape index (κ3) is 3.10. The molecule has 1 rings (SSSR count). The van der Waals surface area contributed by atoms with Crippen molar-refractivity contribution in [3.63, 3.8) is 0 Å². The second-order valence-corrected chi connectivity index (χ2v) is 4.67. The maximum Gasteiger partial charge on any atom is 0.0297 e. The number of unbranched alkanes of at least 4 members (excludes halogenated alkanes) is 1. The topological polar surface area (TPSA) is 26.0 Å². The average molecular weight is 256 g/mol. The number of halogens is 1. The molecule has 2 heteroatoms. The summed E-state index contributed by atoms with van der Waals surface area (Å²) in [4.78, 5) is 0. The van der Waals surface area contributed by atoms with Crippen molar-refractivity contribution >= 4 is 15.9 Å². The highest BCUT2D eigenvalue weighted by atomic mass is 79.9. The van der Waals surface area contributed by atoms with Gasteiger partial charge in [-0.15, -0.1) is 0 Å². The van der Waals surface area contributed by atoms with Crippen LogP contribution in [0.2, 0.25) is 0 Å². The monoisotopic (exact) mass is 255 g/mol. The molecule has 1 unspecified atom stereocenters. The van der Waals surface area contributed by atoms with Crippen molar-refractivity contribution in [3.05, 3.63) is 33.8 Å². The van der Waals surface area contributed by atoms with Crippen molar-refractivity contribution in [2.75, 3.05) is 0 Å². The van der Waals surface area contributed by atoms with Gasteiger partial charge in [0.15, 0.2) is 0 Å². The summed E-state index contributed by atoms with van der Waals surface area (Å²) in [6.07, 6.45) is 3.49. The predicted molar refractivity (Wildman–Crippen MR) is 65.3 cm³/mol. The van der Waals surface area contributed by atoms with Crippen LogP contribution in [0.3, 0.4) is 0 Å². The fourth-order valence-electron chi connectivity index (χ4n) is 1.59. The molecule has 0 radical (unpaired) electrons. The van der Waals surface area contributed by atoms with Crippen LogP contribution in [0.15, 0.2) is 22.7 Å². The molecule has 0 saturated carbocycles. The van der Waals surface area contributed by atoms with E-state index in [0.717, 1.165) is 10.9 Å². The zero-order valence-electron chi connectivity index (χ0n) is 8.89. The van der Waals surface area contributed by atoms with Gasteiger partial charge in [0.1, 0.15) is 0 Å². The van der Waals surface area contributed by atoms with E-state index < -0.39 is 0 Å². The summed E-state index contributed by atoms with van der Waals surface area (Å²) in [7, 11) is 0. The van der Waals surface area contributed by atoms with Crippen LogP contribution < -0.4 is 5.73 Å². The maximum absolute atomic E-state index is 6.13. The smallest absolute Gasteiger partial charge is 0.0297 e. The zero-order valence-corrected chi connectivity index (χ0v) is 10.5. The fraction of sp³-hybridized carbons (Fsp3) is 0.500. The second kappa shape index (κ2) is 5.52. The van der Waals surface area contributed by atoms with Gasteiger partial charge in [-0.3, -0.25) is 0 Å². The standard InChI is InChI=1S/C12H18BrN/c1-3-4-5-12(14)11-8-10(13)7-6-9(11)2/h6-8,12H,3-5,14H2,1-2H3. The molecule has 0 aliphatic carbocycles. The van der Waals surface area contributed by atoms with Crippen LogP contribution in [0.4, 0.5) is 0 Å². The lowest BCUT2D eigenvalue weighted by molar-refractivity contribution is 0.601. The van der Waals surface area contributed by atoms with Gasteiger partial charge in [0.25, 0.3) is 0 Å². The minimum Gasteiger partial charge on any atom is -0.324 e. The van der Waals surface area contributed by atoms with Gasteiger partial charge in [-0.05, 0) is 36.6 Å². The van der Waals surface area contributed by atoms with Crippen LogP contribution >= 0.6 is 15.9 Å². The Hall–Kier alpha value is -0.340. The first kappa shape index (κ1) is 11.7. The highest BCUT2D eigenvalue weighted by Crippen LogP contribution is 2.23. The Bertz CT molecular complexity index is 296. The molecule has 0 fully saturated rings. The van der Waals surface area contributed by atoms with Crippen molar-refractivity contribution < 1.29 is 0 Å². The Morgan fingerprint density at radius 2 is 2.14 bits per heavy atom. The lowest BCUT2D eigenvalue weighted by Crippen LogP contribution is -2.11. The quantitative estimate of drug-likeness (QED) is 0.867. The number of rotatable bonds is 4. The van der Waals surface area contributed by atoms with Crippen LogP contribution in [0.5, 0.6) is 0 Å². The van der Waals surface area contributed by atoms with Gasteiger partial charge >= 0.3 is 0 Å². The van der Waals surface area contributed by atoms with Gasteiger partial charge in [0.2, 0.25) is 0 Å². The Kier molecular flexibility index (Phi) is 4.63. The first-order valence-corrected chi connectivity index (χ1v) is 5.96. The number of hydrogen-bond acceptors (Lipinski definition) is 1. The van der Waals surface area contributed by atoms with E-state index in [0.29, 0.717) is 0 Å². The van der Waals surface area contributed by atoms with Crippen LogP contribution in [0.25, 0.3) is 0 Å². The Labute approximate surface area is 94.8 Å². The fourth-order valence-corrected chi connectivity index (χ4v) is 1.97. The van der Waals surface area contributed by atoms with E-state index >= 15 is 0 Å². The normalized spacial score (nSPS) is 12.9. The van der Waals surface area contributed by atoms with Gasteiger partial charge in [-0.25, -0.2) is 0 Å². The van der Waals surface area contributed by atoms with Crippen molar-refractivity contribution in [1.82, 2.24) is 0 Å². The molecule has 0 aliphatic rings. The molecule has 1 nitrogen and oxygen atoms in total. The van der Waals surface area contributed by atoms with Crippen molar-refractivity contribution in [1.29, 1.82) is 0 Å². The molecule has 14 heavy (non-hydrogen) atoms. The third-order valence-electron chi connectivity index (χ3n) is 2.51. The van der Waals surface area contributed by atoms with Crippen LogP contribution in [-0.4, -0.2) is 0 Å². The van der Waals surface area contributed by atoms with Crippen molar-refractivity contribution in [2.24, 2.45) is 5.73 Å². The number of benzene rings is 1. The molecule has 0 aromatic heterocycles. The lowest BCUT2D eigenvalue weighted by atomic mass is 9.98. The summed E-state index contributed by atoms with van der Waals surface area (Å²) in [6.45, 7) is 4.31. The van der Waals surface area contributed by atoms with E-state index in [1.807, 2.05) is 0 Å². The molecular weight excluding hydrogens is 238 g/mol. The molecule has 2 N–H and O–H groups in total. The molecule has 0 saturated heterocycles. The third-order valence-corrected chi connectivity index (χ3v) is 3.00. The molecule has 0 aliphatic heterocycles. The maximum atomic E-state index is 6.13. The van der Waals surface area contributed by atoms with E-state index in [-0.39, 0.29) is 6.04 Å². The lowest BCUT2D eigenvalue weighted by Gasteiger charge is -2.14. The molecule has 1 aromatic carbocycles. The number of hydrogen-bond donors (Lipinski definition) is 1. The SMILES string of the molecule is CCCCC(N)c1cc(Br)ccc1C. The number of aryl methyl sites for hydroxylation is 1. The van der Waals surface area contributed by atoms with Crippen LogP contribution in [0.1, 0.15) is 43.4 Å². The summed E-state index contributed by atoms with van der Waals surface area (Å²) < 4.78 is 1.12. The van der Waals surface area contributed by atoms with E-state index in [1.165, 1.54) is 24.0 Å². The highest BCUT2D eigenvalue weighted by Gasteiger charge is 2.08. The summed E-state index contributed by atoms with van der Waals surface area (Å²) in [5.74, 6) is 0. The summed E-state index contributed by atoms with van der Waals surface area (Å²) in [6, 6.07) is 6.50. The van der Waals surface area contributed by atoms with Crippen LogP contribution in [-0.2, 0) is 0 Å². The van der Waals surface area contributed by atoms with Gasteiger partial charge in [-0.2, -0.15) is 0 Å². The van der Waals surface area contributed by atoms with Crippen molar-refractivity contribution in [3.8, 4) is 0 Å². The first-order valence-electron chi connectivity index (χ1n) is 5.16. The van der Waals surface area contributed by atoms with Gasteiger partial charge in [0.05, 0.1) is 0 Å². The largest absolute Gasteiger partial charge is 0.324 e. The minimum atomic E-state index is 0.187. The predicted octanol–water partition coefficient (Wildman–Crippen LogP) is 3.95.